The van der Waals surface area contributed by atoms with Gasteiger partial charge in [-0.1, -0.05) is 53.7 Å². The van der Waals surface area contributed by atoms with Crippen LogP contribution in [0.3, 0.4) is 0 Å². The molecule has 0 bridgehead atoms. The number of para-hydroxylation sites is 1. The van der Waals surface area contributed by atoms with Crippen LogP contribution in [0.4, 0.5) is 0 Å². The molecule has 3 aromatic carbocycles. The molecule has 0 unspecified atom stereocenters. The Labute approximate surface area is 214 Å². The van der Waals surface area contributed by atoms with Gasteiger partial charge in [-0.2, -0.15) is 4.98 Å². The number of rotatable bonds is 8. The van der Waals surface area contributed by atoms with E-state index in [0.29, 0.717) is 23.0 Å². The predicted octanol–water partition coefficient (Wildman–Crippen LogP) is 5.20. The first kappa shape index (κ1) is 24.0. The third-order valence-electron chi connectivity index (χ3n) is 6.03. The summed E-state index contributed by atoms with van der Waals surface area (Å²) in [6, 6.07) is 25.8. The fourth-order valence-corrected chi connectivity index (χ4v) is 4.05. The minimum atomic E-state index is -0.214. The van der Waals surface area contributed by atoms with Crippen molar-refractivity contribution in [3.8, 4) is 17.1 Å². The first-order chi connectivity index (χ1) is 18.0. The molecule has 2 heterocycles. The van der Waals surface area contributed by atoms with E-state index in [2.05, 4.69) is 10.1 Å². The molecule has 0 fully saturated rings. The number of aromatic nitrogens is 3. The van der Waals surface area contributed by atoms with Gasteiger partial charge in [0.2, 0.25) is 11.7 Å². The van der Waals surface area contributed by atoms with Gasteiger partial charge < -0.3 is 14.2 Å². The van der Waals surface area contributed by atoms with E-state index in [-0.39, 0.29) is 31.0 Å². The molecule has 5 rings (SSSR count). The summed E-state index contributed by atoms with van der Waals surface area (Å²) in [5.74, 6) is 0.972. The van der Waals surface area contributed by atoms with E-state index in [4.69, 9.17) is 9.26 Å². The molecule has 1 amide bonds. The topological polar surface area (TPSA) is 90.5 Å². The first-order valence-corrected chi connectivity index (χ1v) is 12.0. The van der Waals surface area contributed by atoms with Crippen molar-refractivity contribution in [1.29, 1.82) is 0 Å². The molecule has 0 aliphatic rings. The van der Waals surface area contributed by atoms with Gasteiger partial charge in [-0.25, -0.2) is 0 Å². The van der Waals surface area contributed by atoms with E-state index in [1.165, 1.54) is 0 Å². The molecule has 8 nitrogen and oxygen atoms in total. The van der Waals surface area contributed by atoms with E-state index in [0.717, 1.165) is 16.5 Å². The molecule has 8 heteroatoms. The Morgan fingerprint density at radius 3 is 2.43 bits per heavy atom. The molecule has 0 saturated carbocycles. The minimum absolute atomic E-state index is 0.0976. The minimum Gasteiger partial charge on any atom is -0.484 e. The average Bonchev–Trinajstić information content (AvgIpc) is 3.58. The van der Waals surface area contributed by atoms with Crippen LogP contribution < -0.4 is 4.74 Å². The predicted molar refractivity (Wildman–Crippen MR) is 139 cm³/mol. The number of benzene rings is 3. The second kappa shape index (κ2) is 10.5. The molecule has 0 saturated heterocycles. The third kappa shape index (κ3) is 5.28. The van der Waals surface area contributed by atoms with Gasteiger partial charge in [-0.05, 0) is 50.2 Å². The summed E-state index contributed by atoms with van der Waals surface area (Å²) in [5, 5.41) is 5.03. The number of carbonyl (C=O) groups is 2. The molecule has 186 valence electrons. The summed E-state index contributed by atoms with van der Waals surface area (Å²) in [7, 11) is 0. The Hall–Kier alpha value is -4.72. The van der Waals surface area contributed by atoms with Crippen LogP contribution >= 0.6 is 0 Å². The SMILES string of the molecule is CC(C)N(Cc1nc(-c2ccccc2)no1)C(=O)COc1ccc(C(=O)n2ccc3ccccc32)cc1. The van der Waals surface area contributed by atoms with Gasteiger partial charge in [0.1, 0.15) is 12.3 Å². The largest absolute Gasteiger partial charge is 0.484 e. The highest BCUT2D eigenvalue weighted by Gasteiger charge is 2.21. The van der Waals surface area contributed by atoms with Crippen molar-refractivity contribution >= 4 is 22.7 Å². The maximum Gasteiger partial charge on any atom is 0.262 e. The van der Waals surface area contributed by atoms with Gasteiger partial charge in [0.05, 0.1) is 5.52 Å². The van der Waals surface area contributed by atoms with Crippen LogP contribution in [0.5, 0.6) is 5.75 Å². The first-order valence-electron chi connectivity index (χ1n) is 12.0. The Balaban J connectivity index is 1.21. The lowest BCUT2D eigenvalue weighted by Gasteiger charge is -2.25. The van der Waals surface area contributed by atoms with E-state index in [1.807, 2.05) is 74.5 Å². The van der Waals surface area contributed by atoms with Gasteiger partial charge in [0.15, 0.2) is 6.61 Å². The van der Waals surface area contributed by atoms with Crippen LogP contribution in [0.15, 0.2) is 95.6 Å². The summed E-state index contributed by atoms with van der Waals surface area (Å²) >= 11 is 0. The highest BCUT2D eigenvalue weighted by atomic mass is 16.5. The van der Waals surface area contributed by atoms with Gasteiger partial charge in [0.25, 0.3) is 11.8 Å². The van der Waals surface area contributed by atoms with Crippen molar-refractivity contribution in [2.24, 2.45) is 0 Å². The van der Waals surface area contributed by atoms with Crippen LogP contribution in [0.25, 0.3) is 22.3 Å². The molecular formula is C29H26N4O4. The summed E-state index contributed by atoms with van der Waals surface area (Å²) in [5.41, 5.74) is 2.22. The monoisotopic (exact) mass is 494 g/mol. The second-order valence-corrected chi connectivity index (χ2v) is 8.86. The van der Waals surface area contributed by atoms with Crippen LogP contribution in [0.2, 0.25) is 0 Å². The molecule has 0 aliphatic carbocycles. The molecule has 37 heavy (non-hydrogen) atoms. The zero-order valence-corrected chi connectivity index (χ0v) is 20.6. The number of nitrogens with zero attached hydrogens (tertiary/aromatic N) is 4. The van der Waals surface area contributed by atoms with Crippen molar-refractivity contribution in [1.82, 2.24) is 19.6 Å². The number of hydrogen-bond donors (Lipinski definition) is 0. The van der Waals surface area contributed by atoms with Gasteiger partial charge in [-0.15, -0.1) is 0 Å². The molecule has 0 radical (unpaired) electrons. The van der Waals surface area contributed by atoms with Crippen molar-refractivity contribution < 1.29 is 18.8 Å². The maximum atomic E-state index is 13.0. The maximum absolute atomic E-state index is 13.0. The average molecular weight is 495 g/mol. The van der Waals surface area contributed by atoms with Crippen molar-refractivity contribution in [2.75, 3.05) is 6.61 Å². The van der Waals surface area contributed by atoms with Gasteiger partial charge in [-0.3, -0.25) is 14.2 Å². The van der Waals surface area contributed by atoms with Gasteiger partial charge in [0, 0.05) is 28.8 Å². The lowest BCUT2D eigenvalue weighted by Crippen LogP contribution is -2.39. The Morgan fingerprint density at radius 1 is 0.946 bits per heavy atom. The fourth-order valence-electron chi connectivity index (χ4n) is 4.05. The van der Waals surface area contributed by atoms with E-state index < -0.39 is 0 Å². The molecule has 0 aliphatic heterocycles. The smallest absolute Gasteiger partial charge is 0.262 e. The molecule has 5 aromatic rings. The van der Waals surface area contributed by atoms with Crippen LogP contribution in [0, 0.1) is 0 Å². The number of amides is 1. The normalized spacial score (nSPS) is 11.1. The highest BCUT2D eigenvalue weighted by Crippen LogP contribution is 2.20. The summed E-state index contributed by atoms with van der Waals surface area (Å²) < 4.78 is 12.7. The lowest BCUT2D eigenvalue weighted by atomic mass is 10.2. The molecule has 0 atom stereocenters. The molecule has 0 spiro atoms. The van der Waals surface area contributed by atoms with Crippen molar-refractivity contribution in [3.63, 3.8) is 0 Å². The van der Waals surface area contributed by atoms with Crippen LogP contribution in [-0.2, 0) is 11.3 Å². The van der Waals surface area contributed by atoms with E-state index in [9.17, 15) is 9.59 Å². The lowest BCUT2D eigenvalue weighted by molar-refractivity contribution is -0.136. The number of hydrogen-bond acceptors (Lipinski definition) is 6. The van der Waals surface area contributed by atoms with Gasteiger partial charge >= 0.3 is 0 Å². The zero-order valence-electron chi connectivity index (χ0n) is 20.6. The van der Waals surface area contributed by atoms with Crippen LogP contribution in [-0.4, -0.2) is 44.1 Å². The Kier molecular flexibility index (Phi) is 6.81. The van der Waals surface area contributed by atoms with Crippen LogP contribution in [0.1, 0.15) is 30.1 Å². The number of ether oxygens (including phenoxy) is 1. The standard InChI is InChI=1S/C29H26N4O4/c1-20(2)33(18-26-30-28(31-37-26)22-9-4-3-5-10-22)27(34)19-36-24-14-12-23(13-15-24)29(35)32-17-16-21-8-6-7-11-25(21)32/h3-17,20H,18-19H2,1-2H3. The Bertz CT molecular complexity index is 1520. The third-order valence-corrected chi connectivity index (χ3v) is 6.03. The quantitative estimate of drug-likeness (QED) is 0.295. The second-order valence-electron chi connectivity index (χ2n) is 8.86. The van der Waals surface area contributed by atoms with E-state index >= 15 is 0 Å². The van der Waals surface area contributed by atoms with Crippen molar-refractivity contribution in [2.45, 2.75) is 26.4 Å². The molecular weight excluding hydrogens is 468 g/mol. The summed E-state index contributed by atoms with van der Waals surface area (Å²) in [6.45, 7) is 3.85. The van der Waals surface area contributed by atoms with Crippen molar-refractivity contribution in [3.05, 3.63) is 103 Å². The molecule has 2 aromatic heterocycles. The highest BCUT2D eigenvalue weighted by molar-refractivity contribution is 6.02. The molecule has 0 N–H and O–H groups in total. The number of fused-ring (bicyclic) bond motifs is 1. The summed E-state index contributed by atoms with van der Waals surface area (Å²) in [6.07, 6.45) is 1.77. The fraction of sp³-hybridized carbons (Fsp3) is 0.172. The Morgan fingerprint density at radius 2 is 1.68 bits per heavy atom. The van der Waals surface area contributed by atoms with E-state index in [1.54, 1.807) is 39.9 Å². The number of carbonyl (C=O) groups excluding carboxylic acids is 2. The zero-order chi connectivity index (χ0) is 25.8. The summed E-state index contributed by atoms with van der Waals surface area (Å²) in [4.78, 5) is 32.0.